The lowest BCUT2D eigenvalue weighted by Crippen LogP contribution is -2.19. The lowest BCUT2D eigenvalue weighted by molar-refractivity contribution is 0.102. The molecule has 4 aromatic rings. The number of amides is 1. The molecule has 0 spiro atoms. The van der Waals surface area contributed by atoms with Gasteiger partial charge in [0.25, 0.3) is 5.91 Å². The highest BCUT2D eigenvalue weighted by atomic mass is 32.1. The Balaban J connectivity index is 1.66. The average Bonchev–Trinajstić information content (AvgIpc) is 3.40. The maximum Gasteiger partial charge on any atom is 0.257 e. The predicted molar refractivity (Wildman–Crippen MR) is 122 cm³/mol. The molecule has 154 valence electrons. The number of hydrogen-bond acceptors (Lipinski definition) is 5. The number of rotatable bonds is 7. The molecule has 4 rings (SSSR count). The first-order valence-corrected chi connectivity index (χ1v) is 10.7. The summed E-state index contributed by atoms with van der Waals surface area (Å²) in [4.78, 5) is 21.1. The van der Waals surface area contributed by atoms with Gasteiger partial charge in [0, 0.05) is 29.9 Å². The van der Waals surface area contributed by atoms with Gasteiger partial charge in [0.1, 0.15) is 17.2 Å². The Labute approximate surface area is 179 Å². The van der Waals surface area contributed by atoms with Crippen molar-refractivity contribution < 1.29 is 9.53 Å². The Hall–Kier alpha value is -3.32. The Morgan fingerprint density at radius 1 is 1.23 bits per heavy atom. The first kappa shape index (κ1) is 20.0. The van der Waals surface area contributed by atoms with Crippen molar-refractivity contribution in [3.63, 3.8) is 0 Å². The van der Waals surface area contributed by atoms with Crippen LogP contribution < -0.4 is 15.0 Å². The summed E-state index contributed by atoms with van der Waals surface area (Å²) < 4.78 is 7.24. The van der Waals surface area contributed by atoms with Crippen molar-refractivity contribution in [2.24, 2.45) is 0 Å². The first-order chi connectivity index (χ1) is 14.6. The second kappa shape index (κ2) is 8.59. The molecule has 0 bridgehead atoms. The topological polar surface area (TPSA) is 58.9 Å². The fourth-order valence-corrected chi connectivity index (χ4v) is 4.23. The Morgan fingerprint density at radius 3 is 2.83 bits per heavy atom. The summed E-state index contributed by atoms with van der Waals surface area (Å²) in [6.07, 6.45) is 2.67. The molecule has 0 aliphatic rings. The third-order valence-corrected chi connectivity index (χ3v) is 5.78. The zero-order valence-electron chi connectivity index (χ0n) is 17.3. The minimum Gasteiger partial charge on any atom is -0.497 e. The normalized spacial score (nSPS) is 10.9. The maximum absolute atomic E-state index is 12.9. The van der Waals surface area contributed by atoms with E-state index >= 15 is 0 Å². The van der Waals surface area contributed by atoms with Crippen LogP contribution in [0.4, 0.5) is 11.5 Å². The number of ether oxygens (including phenoxy) is 1. The minimum absolute atomic E-state index is 0.177. The summed E-state index contributed by atoms with van der Waals surface area (Å²) >= 11 is 1.73. The number of fused-ring (bicyclic) bond motifs is 1. The summed E-state index contributed by atoms with van der Waals surface area (Å²) in [7, 11) is 3.67. The number of anilines is 2. The zero-order valence-corrected chi connectivity index (χ0v) is 18.1. The Morgan fingerprint density at radius 2 is 2.10 bits per heavy atom. The van der Waals surface area contributed by atoms with Crippen LogP contribution in [0.15, 0.2) is 60.1 Å². The smallest absolute Gasteiger partial charge is 0.257 e. The highest BCUT2D eigenvalue weighted by Crippen LogP contribution is 2.26. The van der Waals surface area contributed by atoms with Crippen molar-refractivity contribution in [2.45, 2.75) is 19.9 Å². The van der Waals surface area contributed by atoms with Gasteiger partial charge >= 0.3 is 0 Å². The molecule has 0 radical (unpaired) electrons. The molecular weight excluding hydrogens is 396 g/mol. The van der Waals surface area contributed by atoms with E-state index in [2.05, 4.69) is 41.7 Å². The summed E-state index contributed by atoms with van der Waals surface area (Å²) in [5.74, 6) is 1.53. The van der Waals surface area contributed by atoms with Gasteiger partial charge in [0.2, 0.25) is 0 Å². The predicted octanol–water partition coefficient (Wildman–Crippen LogP) is 4.86. The number of nitrogens with zero attached hydrogens (tertiary/aromatic N) is 3. The van der Waals surface area contributed by atoms with E-state index in [0.29, 0.717) is 17.0 Å². The molecule has 0 aliphatic heterocycles. The van der Waals surface area contributed by atoms with Gasteiger partial charge in [-0.3, -0.25) is 9.20 Å². The van der Waals surface area contributed by atoms with Crippen molar-refractivity contribution in [3.05, 3.63) is 76.2 Å². The van der Waals surface area contributed by atoms with Crippen LogP contribution in [0.1, 0.15) is 27.9 Å². The van der Waals surface area contributed by atoms with E-state index in [0.717, 1.165) is 30.1 Å². The quantitative estimate of drug-likeness (QED) is 0.464. The van der Waals surface area contributed by atoms with Crippen LogP contribution in [-0.2, 0) is 13.0 Å². The third kappa shape index (κ3) is 4.02. The van der Waals surface area contributed by atoms with Gasteiger partial charge in [-0.25, -0.2) is 4.98 Å². The average molecular weight is 421 g/mol. The second-order valence-electron chi connectivity index (χ2n) is 7.00. The molecule has 30 heavy (non-hydrogen) atoms. The molecule has 0 unspecified atom stereocenters. The van der Waals surface area contributed by atoms with Gasteiger partial charge in [0.05, 0.1) is 24.9 Å². The standard InChI is InChI=1S/C23H24N4O2S/c1-4-20-23(26(2)15-19-9-6-12-30-19)27-14-16(10-11-21(27)25-20)22(28)24-17-7-5-8-18(13-17)29-3/h5-14H,4,15H2,1-3H3,(H,24,28). The van der Waals surface area contributed by atoms with E-state index in [-0.39, 0.29) is 5.91 Å². The van der Waals surface area contributed by atoms with Crippen LogP contribution in [0.2, 0.25) is 0 Å². The number of aromatic nitrogens is 2. The van der Waals surface area contributed by atoms with Crippen LogP contribution >= 0.6 is 11.3 Å². The molecule has 3 aromatic heterocycles. The zero-order chi connectivity index (χ0) is 21.1. The number of thiophene rings is 1. The highest BCUT2D eigenvalue weighted by Gasteiger charge is 2.17. The monoisotopic (exact) mass is 420 g/mol. The van der Waals surface area contributed by atoms with Crippen LogP contribution in [0, 0.1) is 0 Å². The number of carbonyl (C=O) groups is 1. The molecule has 0 aliphatic carbocycles. The minimum atomic E-state index is -0.177. The van der Waals surface area contributed by atoms with Gasteiger partial charge in [0.15, 0.2) is 0 Å². The summed E-state index contributed by atoms with van der Waals surface area (Å²) in [6.45, 7) is 2.89. The van der Waals surface area contributed by atoms with E-state index in [1.807, 2.05) is 34.9 Å². The number of aryl methyl sites for hydroxylation is 1. The van der Waals surface area contributed by atoms with Crippen molar-refractivity contribution in [1.29, 1.82) is 0 Å². The van der Waals surface area contributed by atoms with Crippen molar-refractivity contribution in [2.75, 3.05) is 24.4 Å². The van der Waals surface area contributed by atoms with E-state index in [1.165, 1.54) is 4.88 Å². The number of hydrogen-bond donors (Lipinski definition) is 1. The molecule has 1 N–H and O–H groups in total. The molecule has 1 aromatic carbocycles. The number of pyridine rings is 1. The lowest BCUT2D eigenvalue weighted by Gasteiger charge is -2.19. The van der Waals surface area contributed by atoms with E-state index in [9.17, 15) is 4.79 Å². The largest absolute Gasteiger partial charge is 0.497 e. The van der Waals surface area contributed by atoms with E-state index in [4.69, 9.17) is 9.72 Å². The SMILES string of the molecule is CCc1nc2ccc(C(=O)Nc3cccc(OC)c3)cn2c1N(C)Cc1cccs1. The third-order valence-electron chi connectivity index (χ3n) is 4.92. The fourth-order valence-electron chi connectivity index (χ4n) is 3.47. The summed E-state index contributed by atoms with van der Waals surface area (Å²) in [6, 6.07) is 15.2. The van der Waals surface area contributed by atoms with Crippen LogP contribution in [-0.4, -0.2) is 29.4 Å². The van der Waals surface area contributed by atoms with Crippen LogP contribution in [0.25, 0.3) is 5.65 Å². The van der Waals surface area contributed by atoms with Crippen LogP contribution in [0.3, 0.4) is 0 Å². The molecule has 0 saturated heterocycles. The number of nitrogens with one attached hydrogen (secondary N) is 1. The van der Waals surface area contributed by atoms with Gasteiger partial charge in [-0.15, -0.1) is 11.3 Å². The van der Waals surface area contributed by atoms with Gasteiger partial charge in [-0.1, -0.05) is 19.1 Å². The molecule has 0 fully saturated rings. The first-order valence-electron chi connectivity index (χ1n) is 9.79. The fraction of sp³-hybridized carbons (Fsp3) is 0.217. The van der Waals surface area contributed by atoms with E-state index in [1.54, 1.807) is 30.6 Å². The Kier molecular flexibility index (Phi) is 5.72. The summed E-state index contributed by atoms with van der Waals surface area (Å²) in [5.41, 5.74) is 3.10. The van der Waals surface area contributed by atoms with Crippen molar-refractivity contribution in [1.82, 2.24) is 9.38 Å². The number of imidazole rings is 1. The maximum atomic E-state index is 12.9. The molecule has 0 atom stereocenters. The van der Waals surface area contributed by atoms with Gasteiger partial charge in [-0.05, 0) is 42.1 Å². The van der Waals surface area contributed by atoms with Crippen LogP contribution in [0.5, 0.6) is 5.75 Å². The number of benzene rings is 1. The lowest BCUT2D eigenvalue weighted by atomic mass is 10.2. The van der Waals surface area contributed by atoms with Crippen molar-refractivity contribution in [3.8, 4) is 5.75 Å². The molecule has 7 heteroatoms. The number of carbonyl (C=O) groups excluding carboxylic acids is 1. The van der Waals surface area contributed by atoms with Gasteiger partial charge < -0.3 is 15.0 Å². The van der Waals surface area contributed by atoms with Crippen molar-refractivity contribution >= 4 is 34.4 Å². The molecule has 6 nitrogen and oxygen atoms in total. The highest BCUT2D eigenvalue weighted by molar-refractivity contribution is 7.09. The molecule has 1 amide bonds. The summed E-state index contributed by atoms with van der Waals surface area (Å²) in [5, 5.41) is 5.02. The second-order valence-corrected chi connectivity index (χ2v) is 8.04. The Bertz CT molecular complexity index is 1170. The molecule has 0 saturated carbocycles. The molecular formula is C23H24N4O2S. The number of methoxy groups -OCH3 is 1. The van der Waals surface area contributed by atoms with Gasteiger partial charge in [-0.2, -0.15) is 0 Å². The van der Waals surface area contributed by atoms with E-state index < -0.39 is 0 Å². The molecule has 3 heterocycles.